The molecule has 7 nitrogen and oxygen atoms in total. The normalized spacial score (nSPS) is 14.3. The lowest BCUT2D eigenvalue weighted by atomic mass is 10.0. The second kappa shape index (κ2) is 9.87. The Balaban J connectivity index is 1.51. The largest absolute Gasteiger partial charge is 0.454 e. The van der Waals surface area contributed by atoms with Crippen molar-refractivity contribution in [2.24, 2.45) is 0 Å². The van der Waals surface area contributed by atoms with Crippen LogP contribution >= 0.6 is 11.6 Å². The van der Waals surface area contributed by atoms with Crippen molar-refractivity contribution in [3.63, 3.8) is 0 Å². The average Bonchev–Trinajstić information content (AvgIpc) is 3.48. The molecule has 0 spiro atoms. The Morgan fingerprint density at radius 2 is 1.78 bits per heavy atom. The van der Waals surface area contributed by atoms with E-state index in [1.54, 1.807) is 29.2 Å². The van der Waals surface area contributed by atoms with Gasteiger partial charge >= 0.3 is 5.97 Å². The first-order valence-electron chi connectivity index (χ1n) is 10.6. The minimum atomic E-state index is -0.982. The molecule has 8 heteroatoms. The lowest BCUT2D eigenvalue weighted by Crippen LogP contribution is -2.44. The molecule has 0 bridgehead atoms. The molecular formula is C24H24ClN3O4. The van der Waals surface area contributed by atoms with Crippen molar-refractivity contribution in [1.82, 2.24) is 15.2 Å². The van der Waals surface area contributed by atoms with Crippen molar-refractivity contribution in [3.05, 3.63) is 70.9 Å². The van der Waals surface area contributed by atoms with Crippen molar-refractivity contribution in [1.29, 1.82) is 0 Å². The molecule has 1 saturated heterocycles. The number of fused-ring (bicyclic) bond motifs is 1. The van der Waals surface area contributed by atoms with Crippen LogP contribution in [0.15, 0.2) is 54.7 Å². The number of nitrogens with zero attached hydrogens (tertiary/aromatic N) is 1. The van der Waals surface area contributed by atoms with Crippen LogP contribution in [0.1, 0.15) is 28.8 Å². The summed E-state index contributed by atoms with van der Waals surface area (Å²) >= 11 is 6.15. The Hall–Kier alpha value is -3.32. The second-order valence-electron chi connectivity index (χ2n) is 7.77. The zero-order chi connectivity index (χ0) is 22.5. The summed E-state index contributed by atoms with van der Waals surface area (Å²) in [5, 5.41) is 3.97. The van der Waals surface area contributed by atoms with Gasteiger partial charge in [-0.1, -0.05) is 41.9 Å². The summed E-state index contributed by atoms with van der Waals surface area (Å²) in [5.74, 6) is -1.37. The predicted octanol–water partition coefficient (Wildman–Crippen LogP) is 3.33. The van der Waals surface area contributed by atoms with Crippen molar-refractivity contribution in [2.75, 3.05) is 19.7 Å². The molecular weight excluding hydrogens is 430 g/mol. The summed E-state index contributed by atoms with van der Waals surface area (Å²) < 4.78 is 5.32. The highest BCUT2D eigenvalue weighted by atomic mass is 35.5. The van der Waals surface area contributed by atoms with E-state index in [0.29, 0.717) is 13.1 Å². The number of hydrogen-bond acceptors (Lipinski definition) is 4. The Labute approximate surface area is 190 Å². The molecule has 4 rings (SSSR count). The van der Waals surface area contributed by atoms with Gasteiger partial charge in [0.05, 0.1) is 10.6 Å². The molecule has 1 fully saturated rings. The molecule has 0 saturated carbocycles. The second-order valence-corrected chi connectivity index (χ2v) is 8.17. The molecule has 32 heavy (non-hydrogen) atoms. The Kier molecular flexibility index (Phi) is 6.75. The van der Waals surface area contributed by atoms with Crippen molar-refractivity contribution in [2.45, 2.75) is 25.3 Å². The number of halogens is 1. The van der Waals surface area contributed by atoms with Gasteiger partial charge in [-0.05, 0) is 36.6 Å². The first-order valence-corrected chi connectivity index (χ1v) is 11.0. The minimum absolute atomic E-state index is 0.205. The molecule has 1 unspecified atom stereocenters. The summed E-state index contributed by atoms with van der Waals surface area (Å²) in [5.41, 5.74) is 2.04. The Morgan fingerprint density at radius 3 is 2.56 bits per heavy atom. The predicted molar refractivity (Wildman–Crippen MR) is 121 cm³/mol. The molecule has 2 N–H and O–H groups in total. The van der Waals surface area contributed by atoms with E-state index in [1.807, 2.05) is 30.5 Å². The third kappa shape index (κ3) is 4.94. The van der Waals surface area contributed by atoms with Crippen LogP contribution < -0.4 is 5.32 Å². The summed E-state index contributed by atoms with van der Waals surface area (Å²) in [7, 11) is 0. The summed E-state index contributed by atoms with van der Waals surface area (Å²) in [4.78, 5) is 42.9. The van der Waals surface area contributed by atoms with E-state index in [-0.39, 0.29) is 29.5 Å². The van der Waals surface area contributed by atoms with E-state index < -0.39 is 17.9 Å². The van der Waals surface area contributed by atoms with Crippen molar-refractivity contribution >= 4 is 40.3 Å². The van der Waals surface area contributed by atoms with Crippen molar-refractivity contribution in [3.8, 4) is 0 Å². The highest BCUT2D eigenvalue weighted by molar-refractivity contribution is 6.33. The first kappa shape index (κ1) is 21.9. The highest BCUT2D eigenvalue weighted by Crippen LogP contribution is 2.20. The number of para-hydroxylation sites is 1. The number of H-pyrrole nitrogens is 1. The fraction of sp³-hybridized carbons (Fsp3) is 0.292. The SMILES string of the molecule is O=C(NC(Cc1c[nH]c2ccccc12)C(=O)OCC(=O)N1CCCC1)c1ccccc1Cl. The molecule has 2 amide bonds. The molecule has 2 heterocycles. The van der Waals surface area contributed by atoms with E-state index >= 15 is 0 Å². The van der Waals surface area contributed by atoms with Crippen LogP contribution in [0.2, 0.25) is 5.02 Å². The number of hydrogen-bond donors (Lipinski definition) is 2. The minimum Gasteiger partial charge on any atom is -0.454 e. The van der Waals surface area contributed by atoms with Gasteiger partial charge in [0.25, 0.3) is 11.8 Å². The van der Waals surface area contributed by atoms with Crippen LogP contribution in [-0.2, 0) is 20.7 Å². The standard InChI is InChI=1S/C24H24ClN3O4/c25-19-9-3-1-8-18(19)23(30)27-21(13-16-14-26-20-10-4-2-7-17(16)20)24(31)32-15-22(29)28-11-5-6-12-28/h1-4,7-10,14,21,26H,5-6,11-13,15H2,(H,27,30). The lowest BCUT2D eigenvalue weighted by Gasteiger charge is -2.19. The van der Waals surface area contributed by atoms with E-state index in [2.05, 4.69) is 10.3 Å². The summed E-state index contributed by atoms with van der Waals surface area (Å²) in [6, 6.07) is 13.3. The van der Waals surface area contributed by atoms with E-state index in [9.17, 15) is 14.4 Å². The molecule has 1 aliphatic rings. The van der Waals surface area contributed by atoms with Gasteiger partial charge in [-0.15, -0.1) is 0 Å². The number of amides is 2. The quantitative estimate of drug-likeness (QED) is 0.537. The number of rotatable bonds is 7. The molecule has 1 atom stereocenters. The molecule has 0 radical (unpaired) electrons. The third-order valence-electron chi connectivity index (χ3n) is 5.60. The fourth-order valence-electron chi connectivity index (χ4n) is 3.89. The van der Waals surface area contributed by atoms with Crippen LogP contribution in [0.25, 0.3) is 10.9 Å². The van der Waals surface area contributed by atoms with Gasteiger partial charge in [-0.2, -0.15) is 0 Å². The van der Waals surface area contributed by atoms with Crippen LogP contribution in [-0.4, -0.2) is 53.4 Å². The van der Waals surface area contributed by atoms with Gasteiger partial charge in [0.15, 0.2) is 6.61 Å². The number of carbonyl (C=O) groups excluding carboxylic acids is 3. The maximum absolute atomic E-state index is 12.9. The number of ether oxygens (including phenoxy) is 1. The van der Waals surface area contributed by atoms with Crippen LogP contribution in [0, 0.1) is 0 Å². The van der Waals surface area contributed by atoms with Gasteiger partial charge < -0.3 is 19.9 Å². The van der Waals surface area contributed by atoms with Gasteiger partial charge in [-0.3, -0.25) is 9.59 Å². The molecule has 1 aliphatic heterocycles. The number of aromatic amines is 1. The van der Waals surface area contributed by atoms with Crippen LogP contribution in [0.3, 0.4) is 0 Å². The summed E-state index contributed by atoms with van der Waals surface area (Å²) in [6.45, 7) is 1.02. The fourth-order valence-corrected chi connectivity index (χ4v) is 4.11. The van der Waals surface area contributed by atoms with Gasteiger partial charge in [0, 0.05) is 36.6 Å². The van der Waals surface area contributed by atoms with E-state index in [1.165, 1.54) is 0 Å². The maximum Gasteiger partial charge on any atom is 0.329 e. The molecule has 0 aliphatic carbocycles. The number of likely N-dealkylation sites (tertiary alicyclic amines) is 1. The summed E-state index contributed by atoms with van der Waals surface area (Å²) in [6.07, 6.45) is 3.92. The van der Waals surface area contributed by atoms with Crippen molar-refractivity contribution < 1.29 is 19.1 Å². The van der Waals surface area contributed by atoms with Gasteiger partial charge in [0.1, 0.15) is 6.04 Å². The Morgan fingerprint density at radius 1 is 1.06 bits per heavy atom. The lowest BCUT2D eigenvalue weighted by molar-refractivity contribution is -0.153. The molecule has 2 aromatic carbocycles. The van der Waals surface area contributed by atoms with Gasteiger partial charge in [0.2, 0.25) is 0 Å². The smallest absolute Gasteiger partial charge is 0.329 e. The molecule has 1 aromatic heterocycles. The molecule has 166 valence electrons. The number of nitrogens with one attached hydrogen (secondary N) is 2. The third-order valence-corrected chi connectivity index (χ3v) is 5.93. The zero-order valence-corrected chi connectivity index (χ0v) is 18.2. The maximum atomic E-state index is 12.9. The number of aromatic nitrogens is 1. The van der Waals surface area contributed by atoms with E-state index in [4.69, 9.17) is 16.3 Å². The first-order chi connectivity index (χ1) is 15.5. The number of carbonyl (C=O) groups is 3. The molecule has 3 aromatic rings. The topological polar surface area (TPSA) is 91.5 Å². The van der Waals surface area contributed by atoms with Crippen LogP contribution in [0.4, 0.5) is 0 Å². The monoisotopic (exact) mass is 453 g/mol. The number of esters is 1. The van der Waals surface area contributed by atoms with E-state index in [0.717, 1.165) is 29.3 Å². The number of benzene rings is 2. The zero-order valence-electron chi connectivity index (χ0n) is 17.5. The average molecular weight is 454 g/mol. The van der Waals surface area contributed by atoms with Crippen LogP contribution in [0.5, 0.6) is 0 Å². The highest BCUT2D eigenvalue weighted by Gasteiger charge is 2.27. The van der Waals surface area contributed by atoms with Gasteiger partial charge in [-0.25, -0.2) is 4.79 Å². The Bertz CT molecular complexity index is 1140.